The van der Waals surface area contributed by atoms with Crippen LogP contribution in [0, 0.1) is 0 Å². The minimum Gasteiger partial charge on any atom is -0.366 e. The summed E-state index contributed by atoms with van der Waals surface area (Å²) in [6.07, 6.45) is -2.19. The fourth-order valence-corrected chi connectivity index (χ4v) is 3.58. The molecule has 0 radical (unpaired) electrons. The van der Waals surface area contributed by atoms with Crippen molar-refractivity contribution >= 4 is 5.82 Å². The van der Waals surface area contributed by atoms with E-state index in [2.05, 4.69) is 41.6 Å². The molecule has 6 heteroatoms. The van der Waals surface area contributed by atoms with Gasteiger partial charge in [0, 0.05) is 17.7 Å². The second kappa shape index (κ2) is 6.33. The summed E-state index contributed by atoms with van der Waals surface area (Å²) >= 11 is 0. The van der Waals surface area contributed by atoms with E-state index in [1.807, 2.05) is 12.1 Å². The van der Waals surface area contributed by atoms with E-state index in [9.17, 15) is 13.2 Å². The molecule has 3 nitrogen and oxygen atoms in total. The van der Waals surface area contributed by atoms with Crippen LogP contribution in [0.15, 0.2) is 42.6 Å². The predicted molar refractivity (Wildman–Crippen MR) is 92.7 cm³/mol. The van der Waals surface area contributed by atoms with E-state index in [-0.39, 0.29) is 17.0 Å². The zero-order valence-corrected chi connectivity index (χ0v) is 14.5. The Morgan fingerprint density at radius 3 is 2.44 bits per heavy atom. The molecule has 1 aromatic heterocycles. The molecule has 1 unspecified atom stereocenters. The summed E-state index contributed by atoms with van der Waals surface area (Å²) < 4.78 is 38.9. The fraction of sp³-hybridized carbons (Fsp3) is 0.421. The number of pyridine rings is 1. The quantitative estimate of drug-likeness (QED) is 0.868. The van der Waals surface area contributed by atoms with Gasteiger partial charge in [-0.05, 0) is 36.2 Å². The molecule has 1 aromatic carbocycles. The molecular weight excluding hydrogens is 327 g/mol. The van der Waals surface area contributed by atoms with Crippen molar-refractivity contribution in [2.45, 2.75) is 43.9 Å². The molecule has 25 heavy (non-hydrogen) atoms. The van der Waals surface area contributed by atoms with Crippen LogP contribution in [0.3, 0.4) is 0 Å². The summed E-state index contributed by atoms with van der Waals surface area (Å²) in [4.78, 5) is 4.20. The van der Waals surface area contributed by atoms with Crippen LogP contribution in [0.4, 0.5) is 19.0 Å². The van der Waals surface area contributed by atoms with Gasteiger partial charge in [-0.1, -0.05) is 44.2 Å². The number of hydrogen-bond acceptors (Lipinski definition) is 3. The number of halogens is 3. The van der Waals surface area contributed by atoms with Crippen LogP contribution >= 0.6 is 0 Å². The average molecular weight is 349 g/mol. The third kappa shape index (κ3) is 3.35. The SMILES string of the molecule is CN[C@@H](c1ccc(NC2Cc3ccccc3C2(C)C)nc1)C(F)(F)F. The van der Waals surface area contributed by atoms with Crippen LogP contribution in [0.2, 0.25) is 0 Å². The molecular formula is C19H22F3N3. The first-order chi connectivity index (χ1) is 11.7. The number of fused-ring (bicyclic) bond motifs is 1. The van der Waals surface area contributed by atoms with Crippen LogP contribution in [0.5, 0.6) is 0 Å². The number of anilines is 1. The Kier molecular flexibility index (Phi) is 4.49. The van der Waals surface area contributed by atoms with E-state index >= 15 is 0 Å². The molecule has 0 aliphatic heterocycles. The summed E-state index contributed by atoms with van der Waals surface area (Å²) in [6.45, 7) is 4.34. The summed E-state index contributed by atoms with van der Waals surface area (Å²) in [6, 6.07) is 9.84. The highest BCUT2D eigenvalue weighted by molar-refractivity contribution is 5.47. The number of rotatable bonds is 4. The predicted octanol–water partition coefficient (Wildman–Crippen LogP) is 4.22. The monoisotopic (exact) mass is 349 g/mol. The van der Waals surface area contributed by atoms with Gasteiger partial charge in [0.1, 0.15) is 11.9 Å². The summed E-state index contributed by atoms with van der Waals surface area (Å²) in [5.41, 5.74) is 2.64. The molecule has 0 bridgehead atoms. The van der Waals surface area contributed by atoms with Gasteiger partial charge in [0.05, 0.1) is 0 Å². The number of hydrogen-bond donors (Lipinski definition) is 2. The number of nitrogens with one attached hydrogen (secondary N) is 2. The van der Waals surface area contributed by atoms with Crippen molar-refractivity contribution in [2.75, 3.05) is 12.4 Å². The van der Waals surface area contributed by atoms with E-state index in [4.69, 9.17) is 0 Å². The third-order valence-corrected chi connectivity index (χ3v) is 5.06. The second-order valence-electron chi connectivity index (χ2n) is 7.02. The molecule has 1 aliphatic carbocycles. The number of nitrogens with zero attached hydrogens (tertiary/aromatic N) is 1. The minimum atomic E-state index is -4.35. The Morgan fingerprint density at radius 1 is 1.16 bits per heavy atom. The molecule has 0 amide bonds. The Balaban J connectivity index is 1.77. The standard InChI is InChI=1S/C19H22F3N3/c1-18(2)14-7-5-4-6-12(14)10-15(18)25-16-9-8-13(11-24-16)17(23-3)19(20,21)22/h4-9,11,15,17,23H,10H2,1-3H3,(H,24,25)/t15?,17-/m0/s1. The molecule has 1 heterocycles. The first-order valence-corrected chi connectivity index (χ1v) is 8.28. The summed E-state index contributed by atoms with van der Waals surface area (Å²) in [7, 11) is 1.29. The van der Waals surface area contributed by atoms with Crippen LogP contribution in [-0.4, -0.2) is 24.2 Å². The van der Waals surface area contributed by atoms with Gasteiger partial charge >= 0.3 is 6.18 Å². The molecule has 0 fully saturated rings. The van der Waals surface area contributed by atoms with Crippen molar-refractivity contribution in [1.82, 2.24) is 10.3 Å². The van der Waals surface area contributed by atoms with Crippen LogP contribution in [-0.2, 0) is 11.8 Å². The Morgan fingerprint density at radius 2 is 1.88 bits per heavy atom. The third-order valence-electron chi connectivity index (χ3n) is 5.06. The maximum atomic E-state index is 13.0. The molecule has 0 saturated carbocycles. The number of benzene rings is 1. The maximum absolute atomic E-state index is 13.0. The van der Waals surface area contributed by atoms with Gasteiger partial charge in [0.2, 0.25) is 0 Å². The van der Waals surface area contributed by atoms with Gasteiger partial charge in [-0.2, -0.15) is 13.2 Å². The molecule has 2 atom stereocenters. The molecule has 1 aliphatic rings. The Bertz CT molecular complexity index is 738. The first-order valence-electron chi connectivity index (χ1n) is 8.28. The van der Waals surface area contributed by atoms with E-state index in [1.54, 1.807) is 6.07 Å². The van der Waals surface area contributed by atoms with Crippen LogP contribution < -0.4 is 10.6 Å². The van der Waals surface area contributed by atoms with E-state index in [1.165, 1.54) is 30.4 Å². The van der Waals surface area contributed by atoms with Crippen molar-refractivity contribution in [3.8, 4) is 0 Å². The molecule has 3 rings (SSSR count). The van der Waals surface area contributed by atoms with Gasteiger partial charge in [-0.25, -0.2) is 4.98 Å². The lowest BCUT2D eigenvalue weighted by molar-refractivity contribution is -0.156. The lowest BCUT2D eigenvalue weighted by Gasteiger charge is -2.29. The maximum Gasteiger partial charge on any atom is 0.407 e. The van der Waals surface area contributed by atoms with Crippen molar-refractivity contribution in [2.24, 2.45) is 0 Å². The van der Waals surface area contributed by atoms with Gasteiger partial charge in [-0.3, -0.25) is 0 Å². The molecule has 134 valence electrons. The highest BCUT2D eigenvalue weighted by atomic mass is 19.4. The van der Waals surface area contributed by atoms with Crippen molar-refractivity contribution in [3.05, 3.63) is 59.3 Å². The lowest BCUT2D eigenvalue weighted by Crippen LogP contribution is -2.36. The van der Waals surface area contributed by atoms with E-state index in [0.29, 0.717) is 5.82 Å². The molecule has 0 spiro atoms. The van der Waals surface area contributed by atoms with Crippen molar-refractivity contribution in [1.29, 1.82) is 0 Å². The fourth-order valence-electron chi connectivity index (χ4n) is 3.58. The van der Waals surface area contributed by atoms with Crippen LogP contribution in [0.1, 0.15) is 36.6 Å². The zero-order chi connectivity index (χ0) is 18.2. The van der Waals surface area contributed by atoms with Crippen molar-refractivity contribution in [3.63, 3.8) is 0 Å². The minimum absolute atomic E-state index is 0.0730. The van der Waals surface area contributed by atoms with Gasteiger partial charge in [0.25, 0.3) is 0 Å². The lowest BCUT2D eigenvalue weighted by atomic mass is 9.83. The van der Waals surface area contributed by atoms with Crippen molar-refractivity contribution < 1.29 is 13.2 Å². The number of aromatic nitrogens is 1. The topological polar surface area (TPSA) is 37.0 Å². The number of alkyl halides is 3. The van der Waals surface area contributed by atoms with Gasteiger partial charge < -0.3 is 10.6 Å². The first kappa shape index (κ1) is 17.7. The van der Waals surface area contributed by atoms with E-state index in [0.717, 1.165) is 6.42 Å². The van der Waals surface area contributed by atoms with Gasteiger partial charge in [0.15, 0.2) is 0 Å². The van der Waals surface area contributed by atoms with Gasteiger partial charge in [-0.15, -0.1) is 0 Å². The highest BCUT2D eigenvalue weighted by Gasteiger charge is 2.41. The molecule has 0 saturated heterocycles. The normalized spacial score (nSPS) is 20.2. The smallest absolute Gasteiger partial charge is 0.366 e. The average Bonchev–Trinajstić information content (AvgIpc) is 2.80. The zero-order valence-electron chi connectivity index (χ0n) is 14.5. The second-order valence-corrected chi connectivity index (χ2v) is 7.02. The molecule has 2 aromatic rings. The Hall–Kier alpha value is -2.08. The molecule has 2 N–H and O–H groups in total. The van der Waals surface area contributed by atoms with Crippen LogP contribution in [0.25, 0.3) is 0 Å². The summed E-state index contributed by atoms with van der Waals surface area (Å²) in [5.74, 6) is 0.589. The summed E-state index contributed by atoms with van der Waals surface area (Å²) in [5, 5.41) is 5.68. The largest absolute Gasteiger partial charge is 0.407 e. The van der Waals surface area contributed by atoms with E-state index < -0.39 is 12.2 Å². The highest BCUT2D eigenvalue weighted by Crippen LogP contribution is 2.40. The Labute approximate surface area is 145 Å².